The van der Waals surface area contributed by atoms with Gasteiger partial charge in [-0.1, -0.05) is 18.4 Å². The van der Waals surface area contributed by atoms with Crippen molar-refractivity contribution in [2.45, 2.75) is 32.1 Å². The van der Waals surface area contributed by atoms with Crippen LogP contribution in [0.25, 0.3) is 0 Å². The van der Waals surface area contributed by atoms with Crippen LogP contribution < -0.4 is 25.7 Å². The first kappa shape index (κ1) is 26.6. The lowest BCUT2D eigenvalue weighted by molar-refractivity contribution is 0.112. The summed E-state index contributed by atoms with van der Waals surface area (Å²) in [5.41, 5.74) is 2.78. The van der Waals surface area contributed by atoms with E-state index in [1.54, 1.807) is 13.2 Å². The zero-order valence-corrected chi connectivity index (χ0v) is 21.0. The van der Waals surface area contributed by atoms with Crippen molar-refractivity contribution in [1.82, 2.24) is 9.55 Å². The Bertz CT molecular complexity index is 1040. The summed E-state index contributed by atoms with van der Waals surface area (Å²) in [7, 11) is 1.76. The fourth-order valence-electron chi connectivity index (χ4n) is 4.31. The molecule has 1 fully saturated rings. The van der Waals surface area contributed by atoms with Crippen LogP contribution in [0.5, 0.6) is 0 Å². The quantitative estimate of drug-likeness (QED) is 0.0763. The number of carbonyl (C=O) groups is 1. The van der Waals surface area contributed by atoms with Crippen molar-refractivity contribution in [3.05, 3.63) is 35.4 Å². The molecule has 0 radical (unpaired) electrons. The topological polar surface area (TPSA) is 142 Å². The third kappa shape index (κ3) is 7.46. The highest BCUT2D eigenvalue weighted by atomic mass is 32.2. The molecule has 190 valence electrons. The number of hydrogen-bond acceptors (Lipinski definition) is 10. The highest BCUT2D eigenvalue weighted by Gasteiger charge is 2.22. The maximum atomic E-state index is 11.7. The Hall–Kier alpha value is -3.05. The Kier molecular flexibility index (Phi) is 10.4. The van der Waals surface area contributed by atoms with E-state index in [1.807, 2.05) is 18.2 Å². The lowest BCUT2D eigenvalue weighted by Gasteiger charge is -2.35. The van der Waals surface area contributed by atoms with Gasteiger partial charge in [0.1, 0.15) is 5.82 Å². The van der Waals surface area contributed by atoms with Gasteiger partial charge in [0.25, 0.3) is 0 Å². The van der Waals surface area contributed by atoms with Gasteiger partial charge < -0.3 is 25.4 Å². The molecule has 2 aromatic rings. The molecule has 1 aromatic heterocycles. The second-order valence-corrected chi connectivity index (χ2v) is 9.45. The van der Waals surface area contributed by atoms with Crippen LogP contribution >= 0.6 is 11.9 Å². The van der Waals surface area contributed by atoms with E-state index in [4.69, 9.17) is 15.9 Å². The molecule has 10 nitrogen and oxygen atoms in total. The van der Waals surface area contributed by atoms with E-state index in [9.17, 15) is 4.79 Å². The molecule has 3 rings (SSSR count). The van der Waals surface area contributed by atoms with Gasteiger partial charge in [0, 0.05) is 49.4 Å². The van der Waals surface area contributed by atoms with Crippen molar-refractivity contribution in [3.8, 4) is 0 Å². The summed E-state index contributed by atoms with van der Waals surface area (Å²) in [4.78, 5) is 18.4. The number of aliphatic hydroxyl groups excluding tert-OH is 1. The number of unbranched alkanes of at least 4 members (excludes halogenated alkanes) is 1. The molecule has 1 aromatic carbocycles. The van der Waals surface area contributed by atoms with E-state index in [1.165, 1.54) is 22.9 Å². The van der Waals surface area contributed by atoms with Crippen molar-refractivity contribution >= 4 is 47.6 Å². The van der Waals surface area contributed by atoms with Crippen molar-refractivity contribution in [2.75, 3.05) is 59.3 Å². The van der Waals surface area contributed by atoms with Crippen molar-refractivity contribution in [1.29, 1.82) is 10.8 Å². The van der Waals surface area contributed by atoms with Crippen molar-refractivity contribution in [2.24, 2.45) is 5.92 Å². The average molecular weight is 501 g/mol. The molecule has 1 aliphatic rings. The molecular formula is C24H36N8O2S. The summed E-state index contributed by atoms with van der Waals surface area (Å²) in [6.45, 7) is 2.71. The van der Waals surface area contributed by atoms with E-state index < -0.39 is 0 Å². The second-order valence-electron chi connectivity index (χ2n) is 8.55. The fourth-order valence-corrected chi connectivity index (χ4v) is 4.80. The molecule has 0 aliphatic carbocycles. The maximum Gasteiger partial charge on any atom is 0.173 e. The van der Waals surface area contributed by atoms with Crippen LogP contribution in [0.1, 0.15) is 42.5 Å². The van der Waals surface area contributed by atoms with Crippen LogP contribution in [-0.4, -0.2) is 66.3 Å². The van der Waals surface area contributed by atoms with Crippen LogP contribution in [-0.2, 0) is 0 Å². The van der Waals surface area contributed by atoms with Crippen LogP contribution in [0.4, 0.5) is 23.0 Å². The smallest absolute Gasteiger partial charge is 0.173 e. The van der Waals surface area contributed by atoms with Crippen LogP contribution in [0.15, 0.2) is 24.4 Å². The molecule has 0 amide bonds. The van der Waals surface area contributed by atoms with Gasteiger partial charge in [0.15, 0.2) is 17.6 Å². The van der Waals surface area contributed by atoms with Crippen LogP contribution in [0, 0.1) is 16.7 Å². The van der Waals surface area contributed by atoms with Gasteiger partial charge in [-0.05, 0) is 49.8 Å². The third-order valence-corrected chi connectivity index (χ3v) is 6.87. The van der Waals surface area contributed by atoms with Crippen LogP contribution in [0.3, 0.4) is 0 Å². The molecule has 0 spiro atoms. The Labute approximate surface area is 210 Å². The Morgan fingerprint density at radius 1 is 1.34 bits per heavy atom. The van der Waals surface area contributed by atoms with E-state index in [0.717, 1.165) is 69.3 Å². The number of benzene rings is 1. The summed E-state index contributed by atoms with van der Waals surface area (Å²) in [5.74, 6) is 2.25. The standard InChI is InChI=1S/C24H36N8O2S/c1-27-22-15-32(17-25)23(26)24(29-22)28-9-3-2-5-18-6-4-10-31(14-18)21-13-20(30-35-12-11-33)8-7-19(21)16-34/h7-8,13,15-18,25-27,30,33H,2-6,9-12,14H2,1H3,(H,28,29). The summed E-state index contributed by atoms with van der Waals surface area (Å²) in [6.07, 6.45) is 9.07. The Balaban J connectivity index is 1.51. The number of hydrogen-bond donors (Lipinski definition) is 6. The summed E-state index contributed by atoms with van der Waals surface area (Å²) >= 11 is 1.45. The van der Waals surface area contributed by atoms with Crippen molar-refractivity contribution in [3.63, 3.8) is 0 Å². The number of aliphatic hydroxyl groups is 1. The highest BCUT2D eigenvalue weighted by Crippen LogP contribution is 2.31. The lowest BCUT2D eigenvalue weighted by atomic mass is 9.92. The third-order valence-electron chi connectivity index (χ3n) is 6.10. The number of rotatable bonds is 14. The number of anilines is 4. The predicted octanol–water partition coefficient (Wildman–Crippen LogP) is 3.22. The van der Waals surface area contributed by atoms with Gasteiger partial charge in [-0.2, -0.15) is 0 Å². The second kappa shape index (κ2) is 13.7. The average Bonchev–Trinajstić information content (AvgIpc) is 2.89. The first-order valence-electron chi connectivity index (χ1n) is 12.0. The summed E-state index contributed by atoms with van der Waals surface area (Å²) < 4.78 is 4.66. The number of nitrogens with zero attached hydrogens (tertiary/aromatic N) is 3. The van der Waals surface area contributed by atoms with Gasteiger partial charge in [-0.3, -0.25) is 20.2 Å². The van der Waals surface area contributed by atoms with E-state index in [2.05, 4.69) is 25.2 Å². The number of nitrogens with one attached hydrogen (secondary N) is 5. The highest BCUT2D eigenvalue weighted by molar-refractivity contribution is 8.00. The minimum absolute atomic E-state index is 0.118. The van der Waals surface area contributed by atoms with E-state index in [-0.39, 0.29) is 12.1 Å². The Morgan fingerprint density at radius 2 is 2.20 bits per heavy atom. The van der Waals surface area contributed by atoms with Gasteiger partial charge in [-0.25, -0.2) is 4.98 Å². The first-order chi connectivity index (χ1) is 17.1. The first-order valence-corrected chi connectivity index (χ1v) is 13.0. The molecule has 0 saturated carbocycles. The minimum atomic E-state index is 0.118. The van der Waals surface area contributed by atoms with Crippen molar-refractivity contribution < 1.29 is 9.90 Å². The predicted molar refractivity (Wildman–Crippen MR) is 144 cm³/mol. The fraction of sp³-hybridized carbons (Fsp3) is 0.500. The van der Waals surface area contributed by atoms with Gasteiger partial charge >= 0.3 is 0 Å². The molecule has 35 heavy (non-hydrogen) atoms. The van der Waals surface area contributed by atoms with Gasteiger partial charge in [-0.15, -0.1) is 0 Å². The van der Waals surface area contributed by atoms with E-state index >= 15 is 0 Å². The summed E-state index contributed by atoms with van der Waals surface area (Å²) in [5, 5.41) is 30.8. The normalized spacial score (nSPS) is 15.5. The molecule has 1 atom stereocenters. The molecule has 1 unspecified atom stereocenters. The molecular weight excluding hydrogens is 464 g/mol. The van der Waals surface area contributed by atoms with E-state index in [0.29, 0.717) is 28.9 Å². The van der Waals surface area contributed by atoms with Gasteiger partial charge in [0.05, 0.1) is 19.1 Å². The molecule has 1 saturated heterocycles. The van der Waals surface area contributed by atoms with Crippen LogP contribution in [0.2, 0.25) is 0 Å². The molecule has 11 heteroatoms. The molecule has 0 bridgehead atoms. The number of carbonyl (C=O) groups excluding carboxylic acids is 1. The number of aromatic nitrogens is 2. The van der Waals surface area contributed by atoms with Gasteiger partial charge in [0.2, 0.25) is 0 Å². The molecule has 1 aliphatic heterocycles. The lowest BCUT2D eigenvalue weighted by Crippen LogP contribution is -2.36. The largest absolute Gasteiger partial charge is 0.395 e. The maximum absolute atomic E-state index is 11.7. The number of piperidine rings is 1. The zero-order valence-electron chi connectivity index (χ0n) is 20.2. The monoisotopic (exact) mass is 500 g/mol. The number of aldehydes is 1. The molecule has 6 N–H and O–H groups in total. The summed E-state index contributed by atoms with van der Waals surface area (Å²) in [6, 6.07) is 5.80. The Morgan fingerprint density at radius 3 is 2.94 bits per heavy atom. The molecule has 2 heterocycles. The SMILES string of the molecule is CNc1cn(C=N)c(=N)c(NCCCCC2CCCN(c3cc(NSCCO)ccc3C=O)C2)n1. The minimum Gasteiger partial charge on any atom is -0.395 e. The zero-order chi connectivity index (χ0) is 25.0.